The van der Waals surface area contributed by atoms with E-state index in [2.05, 4.69) is 39.1 Å². The van der Waals surface area contributed by atoms with Gasteiger partial charge in [-0.15, -0.1) is 0 Å². The van der Waals surface area contributed by atoms with Crippen LogP contribution in [-0.2, 0) is 0 Å². The number of aliphatic hydroxyl groups is 1. The maximum absolute atomic E-state index is 9.01. The molecule has 0 unspecified atom stereocenters. The Morgan fingerprint density at radius 3 is 2.80 bits per heavy atom. The van der Waals surface area contributed by atoms with E-state index < -0.39 is 0 Å². The van der Waals surface area contributed by atoms with Crippen LogP contribution in [-0.4, -0.2) is 42.8 Å². The van der Waals surface area contributed by atoms with Crippen molar-refractivity contribution < 1.29 is 5.11 Å². The van der Waals surface area contributed by atoms with Gasteiger partial charge in [-0.05, 0) is 23.4 Å². The van der Waals surface area contributed by atoms with E-state index in [-0.39, 0.29) is 17.3 Å². The summed E-state index contributed by atoms with van der Waals surface area (Å²) in [6.07, 6.45) is 5.64. The number of nitrogens with zero attached hydrogens (tertiary/aromatic N) is 5. The van der Waals surface area contributed by atoms with Crippen molar-refractivity contribution in [2.24, 2.45) is 5.41 Å². The highest BCUT2D eigenvalue weighted by atomic mass is 35.5. The molecule has 2 N–H and O–H groups in total. The van der Waals surface area contributed by atoms with Crippen LogP contribution in [0.25, 0.3) is 5.95 Å². The molecule has 20 heavy (non-hydrogen) atoms. The third-order valence-electron chi connectivity index (χ3n) is 2.85. The van der Waals surface area contributed by atoms with Gasteiger partial charge in [0.15, 0.2) is 0 Å². The maximum atomic E-state index is 9.01. The van der Waals surface area contributed by atoms with Gasteiger partial charge >= 0.3 is 0 Å². The van der Waals surface area contributed by atoms with Crippen LogP contribution in [0.1, 0.15) is 20.3 Å². The topological polar surface area (TPSA) is 88.8 Å². The van der Waals surface area contributed by atoms with Crippen LogP contribution in [0.2, 0.25) is 5.28 Å². The Hall–Kier alpha value is -1.73. The molecule has 0 aliphatic rings. The molecule has 0 atom stereocenters. The van der Waals surface area contributed by atoms with E-state index in [4.69, 9.17) is 16.7 Å². The summed E-state index contributed by atoms with van der Waals surface area (Å²) < 4.78 is 1.65. The summed E-state index contributed by atoms with van der Waals surface area (Å²) in [7, 11) is 0. The van der Waals surface area contributed by atoms with Crippen LogP contribution >= 0.6 is 11.6 Å². The van der Waals surface area contributed by atoms with E-state index >= 15 is 0 Å². The van der Waals surface area contributed by atoms with Gasteiger partial charge in [-0.25, -0.2) is 4.98 Å². The summed E-state index contributed by atoms with van der Waals surface area (Å²) in [5.41, 5.74) is -0.0664. The van der Waals surface area contributed by atoms with E-state index in [1.807, 2.05) is 0 Å². The number of halogens is 1. The first-order valence-corrected chi connectivity index (χ1v) is 6.63. The molecule has 0 aliphatic heterocycles. The van der Waals surface area contributed by atoms with Crippen LogP contribution < -0.4 is 5.32 Å². The maximum Gasteiger partial charge on any atom is 0.241 e. The molecule has 108 valence electrons. The predicted molar refractivity (Wildman–Crippen MR) is 75.9 cm³/mol. The number of nitrogens with one attached hydrogen (secondary N) is 1. The lowest BCUT2D eigenvalue weighted by atomic mass is 9.90. The van der Waals surface area contributed by atoms with Crippen molar-refractivity contribution in [1.82, 2.24) is 24.5 Å². The molecule has 0 fully saturated rings. The fourth-order valence-electron chi connectivity index (χ4n) is 1.62. The molecule has 2 heterocycles. The molecule has 0 spiro atoms. The molecular weight excluding hydrogens is 280 g/mol. The molecule has 2 rings (SSSR count). The minimum atomic E-state index is -0.0664. The van der Waals surface area contributed by atoms with Crippen LogP contribution in [0.5, 0.6) is 0 Å². The second-order valence-electron chi connectivity index (χ2n) is 5.19. The number of rotatable bonds is 6. The second kappa shape index (κ2) is 6.15. The average molecular weight is 297 g/mol. The normalized spacial score (nSPS) is 11.6. The SMILES string of the molecule is CC(C)(CCO)CNc1nc(Cl)nc(-n2ccnc2)n1. The average Bonchev–Trinajstić information content (AvgIpc) is 2.90. The molecule has 0 amide bonds. The van der Waals surface area contributed by atoms with E-state index in [1.165, 1.54) is 0 Å². The highest BCUT2D eigenvalue weighted by Crippen LogP contribution is 2.20. The van der Waals surface area contributed by atoms with E-state index in [9.17, 15) is 0 Å². The first kappa shape index (κ1) is 14.7. The number of hydrogen-bond acceptors (Lipinski definition) is 6. The van der Waals surface area contributed by atoms with Gasteiger partial charge in [-0.2, -0.15) is 15.0 Å². The number of anilines is 1. The zero-order valence-electron chi connectivity index (χ0n) is 11.4. The van der Waals surface area contributed by atoms with Gasteiger partial charge in [0.05, 0.1) is 0 Å². The van der Waals surface area contributed by atoms with Crippen molar-refractivity contribution in [1.29, 1.82) is 0 Å². The number of hydrogen-bond donors (Lipinski definition) is 2. The molecule has 0 radical (unpaired) electrons. The smallest absolute Gasteiger partial charge is 0.241 e. The zero-order valence-corrected chi connectivity index (χ0v) is 12.2. The molecule has 8 heteroatoms. The first-order valence-electron chi connectivity index (χ1n) is 6.25. The van der Waals surface area contributed by atoms with Crippen molar-refractivity contribution in [2.75, 3.05) is 18.5 Å². The van der Waals surface area contributed by atoms with E-state index in [1.54, 1.807) is 23.3 Å². The second-order valence-corrected chi connectivity index (χ2v) is 5.53. The molecular formula is C12H17ClN6O. The molecule has 0 saturated heterocycles. The third kappa shape index (κ3) is 3.88. The Morgan fingerprint density at radius 2 is 2.15 bits per heavy atom. The van der Waals surface area contributed by atoms with E-state index in [0.29, 0.717) is 24.9 Å². The van der Waals surface area contributed by atoms with Crippen molar-refractivity contribution >= 4 is 17.5 Å². The number of aliphatic hydroxyl groups excluding tert-OH is 1. The molecule has 2 aromatic rings. The van der Waals surface area contributed by atoms with Gasteiger partial charge < -0.3 is 10.4 Å². The quantitative estimate of drug-likeness (QED) is 0.840. The summed E-state index contributed by atoms with van der Waals surface area (Å²) in [4.78, 5) is 16.3. The Labute approximate surface area is 122 Å². The lowest BCUT2D eigenvalue weighted by molar-refractivity contribution is 0.220. The largest absolute Gasteiger partial charge is 0.396 e. The Bertz CT molecular complexity index is 557. The summed E-state index contributed by atoms with van der Waals surface area (Å²) in [5.74, 6) is 0.810. The van der Waals surface area contributed by atoms with Gasteiger partial charge in [0.2, 0.25) is 17.2 Å². The van der Waals surface area contributed by atoms with Crippen molar-refractivity contribution in [3.8, 4) is 5.95 Å². The van der Waals surface area contributed by atoms with Gasteiger partial charge in [-0.3, -0.25) is 4.57 Å². The van der Waals surface area contributed by atoms with Crippen LogP contribution in [0.3, 0.4) is 0 Å². The van der Waals surface area contributed by atoms with Crippen molar-refractivity contribution in [3.05, 3.63) is 24.0 Å². The summed E-state index contributed by atoms with van der Waals surface area (Å²) >= 11 is 5.90. The van der Waals surface area contributed by atoms with Gasteiger partial charge in [0.1, 0.15) is 6.33 Å². The molecule has 0 bridgehead atoms. The predicted octanol–water partition coefficient (Wildman–Crippen LogP) is 1.53. The fraction of sp³-hybridized carbons (Fsp3) is 0.500. The Balaban J connectivity index is 2.13. The zero-order chi connectivity index (χ0) is 14.6. The van der Waals surface area contributed by atoms with Gasteiger partial charge in [0, 0.05) is 25.5 Å². The third-order valence-corrected chi connectivity index (χ3v) is 3.01. The Kier molecular flexibility index (Phi) is 4.51. The lowest BCUT2D eigenvalue weighted by Crippen LogP contribution is -2.25. The molecule has 2 aromatic heterocycles. The van der Waals surface area contributed by atoms with Crippen LogP contribution in [0.15, 0.2) is 18.7 Å². The van der Waals surface area contributed by atoms with Gasteiger partial charge in [0.25, 0.3) is 0 Å². The molecule has 0 saturated carbocycles. The van der Waals surface area contributed by atoms with Crippen molar-refractivity contribution in [3.63, 3.8) is 0 Å². The van der Waals surface area contributed by atoms with Crippen LogP contribution in [0, 0.1) is 5.41 Å². The molecule has 7 nitrogen and oxygen atoms in total. The first-order chi connectivity index (χ1) is 9.50. The van der Waals surface area contributed by atoms with E-state index in [0.717, 1.165) is 0 Å². The monoisotopic (exact) mass is 296 g/mol. The Morgan fingerprint density at radius 1 is 1.35 bits per heavy atom. The summed E-state index contributed by atoms with van der Waals surface area (Å²) in [6, 6.07) is 0. The lowest BCUT2D eigenvalue weighted by Gasteiger charge is -2.23. The number of aromatic nitrogens is 5. The highest BCUT2D eigenvalue weighted by Gasteiger charge is 2.17. The molecule has 0 aliphatic carbocycles. The minimum Gasteiger partial charge on any atom is -0.396 e. The number of imidazole rings is 1. The summed E-state index contributed by atoms with van der Waals surface area (Å²) in [5, 5.41) is 12.3. The standard InChI is InChI=1S/C12H17ClN6O/c1-12(2,3-6-20)7-15-10-16-9(13)17-11(18-10)19-5-4-14-8-19/h4-5,8,20H,3,6-7H2,1-2H3,(H,15,16,17,18). The summed E-state index contributed by atoms with van der Waals surface area (Å²) in [6.45, 7) is 4.87. The van der Waals surface area contributed by atoms with Crippen molar-refractivity contribution in [2.45, 2.75) is 20.3 Å². The molecule has 0 aromatic carbocycles. The van der Waals surface area contributed by atoms with Gasteiger partial charge in [-0.1, -0.05) is 13.8 Å². The minimum absolute atomic E-state index is 0.0664. The van der Waals surface area contributed by atoms with Crippen LogP contribution in [0.4, 0.5) is 5.95 Å². The highest BCUT2D eigenvalue weighted by molar-refractivity contribution is 6.28. The fourth-order valence-corrected chi connectivity index (χ4v) is 1.78.